The number of H-pyrrole nitrogens is 1. The summed E-state index contributed by atoms with van der Waals surface area (Å²) in [5, 5.41) is 6.28. The van der Waals surface area contributed by atoms with Gasteiger partial charge in [0.15, 0.2) is 6.61 Å². The zero-order chi connectivity index (χ0) is 14.7. The van der Waals surface area contributed by atoms with Crippen molar-refractivity contribution in [2.75, 3.05) is 18.5 Å². The Labute approximate surface area is 122 Å². The number of amides is 1. The van der Waals surface area contributed by atoms with Crippen LogP contribution in [-0.2, 0) is 11.2 Å². The molecule has 110 valence electrons. The number of imidazole rings is 1. The summed E-state index contributed by atoms with van der Waals surface area (Å²) in [6, 6.07) is 6.07. The van der Waals surface area contributed by atoms with Crippen LogP contribution in [0.5, 0.6) is 5.75 Å². The number of aromatic amines is 1. The minimum absolute atomic E-state index is 0.0876. The van der Waals surface area contributed by atoms with Crippen LogP contribution in [0.25, 0.3) is 0 Å². The smallest absolute Gasteiger partial charge is 0.262 e. The van der Waals surface area contributed by atoms with Gasteiger partial charge in [-0.2, -0.15) is 0 Å². The second-order valence-corrected chi connectivity index (χ2v) is 5.10. The Balaban J connectivity index is 1.60. The van der Waals surface area contributed by atoms with Crippen LogP contribution in [0.15, 0.2) is 30.7 Å². The van der Waals surface area contributed by atoms with E-state index in [9.17, 15) is 4.79 Å². The van der Waals surface area contributed by atoms with E-state index in [1.807, 2.05) is 24.4 Å². The van der Waals surface area contributed by atoms with Crippen LogP contribution in [0.3, 0.4) is 0 Å². The van der Waals surface area contributed by atoms with Crippen molar-refractivity contribution < 1.29 is 9.53 Å². The Morgan fingerprint density at radius 1 is 1.48 bits per heavy atom. The van der Waals surface area contributed by atoms with E-state index in [4.69, 9.17) is 4.74 Å². The number of rotatable bonds is 5. The molecule has 3 N–H and O–H groups in total. The molecule has 1 atom stereocenters. The van der Waals surface area contributed by atoms with Crippen LogP contribution in [0.4, 0.5) is 5.69 Å². The number of nitrogens with zero attached hydrogens (tertiary/aromatic N) is 1. The SMILES string of the molecule is CC(NCCc1cnc[nH]1)c1ccc2c(c1)NC(=O)CO2. The zero-order valence-electron chi connectivity index (χ0n) is 11.8. The fourth-order valence-electron chi connectivity index (χ4n) is 2.33. The second kappa shape index (κ2) is 5.97. The largest absolute Gasteiger partial charge is 0.482 e. The van der Waals surface area contributed by atoms with Crippen LogP contribution in [0, 0.1) is 0 Å². The van der Waals surface area contributed by atoms with Gasteiger partial charge in [-0.3, -0.25) is 4.79 Å². The number of carbonyl (C=O) groups is 1. The minimum atomic E-state index is -0.112. The monoisotopic (exact) mass is 286 g/mol. The summed E-state index contributed by atoms with van der Waals surface area (Å²) in [6.07, 6.45) is 4.41. The van der Waals surface area contributed by atoms with E-state index in [1.54, 1.807) is 6.33 Å². The molecule has 6 heteroatoms. The molecule has 2 aromatic rings. The van der Waals surface area contributed by atoms with Crippen LogP contribution in [-0.4, -0.2) is 29.0 Å². The van der Waals surface area contributed by atoms with Crippen molar-refractivity contribution >= 4 is 11.6 Å². The van der Waals surface area contributed by atoms with Gasteiger partial charge in [-0.1, -0.05) is 6.07 Å². The molecule has 0 saturated carbocycles. The Morgan fingerprint density at radius 2 is 2.38 bits per heavy atom. The van der Waals surface area contributed by atoms with Gasteiger partial charge in [0.25, 0.3) is 5.91 Å². The summed E-state index contributed by atoms with van der Waals surface area (Å²) in [7, 11) is 0. The summed E-state index contributed by atoms with van der Waals surface area (Å²) < 4.78 is 5.36. The van der Waals surface area contributed by atoms with Crippen molar-refractivity contribution in [1.29, 1.82) is 0 Å². The normalized spacial score (nSPS) is 15.0. The molecule has 0 aliphatic carbocycles. The first kappa shape index (κ1) is 13.6. The summed E-state index contributed by atoms with van der Waals surface area (Å²) >= 11 is 0. The molecule has 0 radical (unpaired) electrons. The van der Waals surface area contributed by atoms with Crippen LogP contribution < -0.4 is 15.4 Å². The maximum atomic E-state index is 11.3. The van der Waals surface area contributed by atoms with Gasteiger partial charge in [0.2, 0.25) is 0 Å². The topological polar surface area (TPSA) is 79.0 Å². The molecule has 1 aliphatic heterocycles. The second-order valence-electron chi connectivity index (χ2n) is 5.10. The highest BCUT2D eigenvalue weighted by molar-refractivity contribution is 5.95. The van der Waals surface area contributed by atoms with Gasteiger partial charge in [-0.05, 0) is 24.6 Å². The summed E-state index contributed by atoms with van der Waals surface area (Å²) in [6.45, 7) is 3.04. The highest BCUT2D eigenvalue weighted by atomic mass is 16.5. The number of fused-ring (bicyclic) bond motifs is 1. The molecule has 6 nitrogen and oxygen atoms in total. The molecule has 21 heavy (non-hydrogen) atoms. The fraction of sp³-hybridized carbons (Fsp3) is 0.333. The molecule has 1 amide bonds. The molecule has 0 bridgehead atoms. The van der Waals surface area contributed by atoms with Gasteiger partial charge in [-0.15, -0.1) is 0 Å². The maximum absolute atomic E-state index is 11.3. The fourth-order valence-corrected chi connectivity index (χ4v) is 2.33. The van der Waals surface area contributed by atoms with Gasteiger partial charge < -0.3 is 20.4 Å². The third-order valence-corrected chi connectivity index (χ3v) is 3.54. The first-order chi connectivity index (χ1) is 10.2. The number of anilines is 1. The van der Waals surface area contributed by atoms with Crippen molar-refractivity contribution in [3.05, 3.63) is 42.0 Å². The van der Waals surface area contributed by atoms with Gasteiger partial charge >= 0.3 is 0 Å². The predicted molar refractivity (Wildman–Crippen MR) is 79.3 cm³/mol. The third-order valence-electron chi connectivity index (χ3n) is 3.54. The van der Waals surface area contributed by atoms with Crippen molar-refractivity contribution in [2.45, 2.75) is 19.4 Å². The third kappa shape index (κ3) is 3.22. The molecule has 2 heterocycles. The number of hydrogen-bond acceptors (Lipinski definition) is 4. The van der Waals surface area contributed by atoms with Gasteiger partial charge in [0, 0.05) is 30.9 Å². The molecule has 1 aromatic heterocycles. The predicted octanol–water partition coefficient (Wildman–Crippen LogP) is 1.63. The molecule has 1 aromatic carbocycles. The number of nitrogens with one attached hydrogen (secondary N) is 3. The standard InChI is InChI=1S/C15H18N4O2/c1-10(17-5-4-12-7-16-9-18-12)11-2-3-14-13(6-11)19-15(20)8-21-14/h2-3,6-7,9-10,17H,4-5,8H2,1H3,(H,16,18)(H,19,20). The number of aromatic nitrogens is 2. The molecular formula is C15H18N4O2. The van der Waals surface area contributed by atoms with E-state index in [1.165, 1.54) is 0 Å². The number of carbonyl (C=O) groups excluding carboxylic acids is 1. The molecule has 0 spiro atoms. The molecule has 0 saturated heterocycles. The minimum Gasteiger partial charge on any atom is -0.482 e. The van der Waals surface area contributed by atoms with E-state index in [2.05, 4.69) is 27.5 Å². The zero-order valence-corrected chi connectivity index (χ0v) is 11.8. The lowest BCUT2D eigenvalue weighted by molar-refractivity contribution is -0.118. The van der Waals surface area contributed by atoms with Gasteiger partial charge in [0.1, 0.15) is 5.75 Å². The van der Waals surface area contributed by atoms with E-state index < -0.39 is 0 Å². The lowest BCUT2D eigenvalue weighted by Crippen LogP contribution is -2.26. The first-order valence-electron chi connectivity index (χ1n) is 6.99. The van der Waals surface area contributed by atoms with Crippen molar-refractivity contribution in [3.63, 3.8) is 0 Å². The number of ether oxygens (including phenoxy) is 1. The lowest BCUT2D eigenvalue weighted by atomic mass is 10.1. The van der Waals surface area contributed by atoms with Crippen molar-refractivity contribution in [1.82, 2.24) is 15.3 Å². The van der Waals surface area contributed by atoms with Gasteiger partial charge in [-0.25, -0.2) is 4.98 Å². The first-order valence-corrected chi connectivity index (χ1v) is 6.99. The Morgan fingerprint density at radius 3 is 3.19 bits per heavy atom. The number of hydrogen-bond donors (Lipinski definition) is 3. The van der Waals surface area contributed by atoms with Crippen molar-refractivity contribution in [2.24, 2.45) is 0 Å². The molecule has 1 unspecified atom stereocenters. The molecular weight excluding hydrogens is 268 g/mol. The van der Waals surface area contributed by atoms with Crippen LogP contribution >= 0.6 is 0 Å². The van der Waals surface area contributed by atoms with Gasteiger partial charge in [0.05, 0.1) is 12.0 Å². The van der Waals surface area contributed by atoms with E-state index in [0.29, 0.717) is 0 Å². The quantitative estimate of drug-likeness (QED) is 0.780. The summed E-state index contributed by atoms with van der Waals surface area (Å²) in [4.78, 5) is 18.4. The Kier molecular flexibility index (Phi) is 3.87. The number of benzene rings is 1. The van der Waals surface area contributed by atoms with Crippen molar-refractivity contribution in [3.8, 4) is 5.75 Å². The highest BCUT2D eigenvalue weighted by Gasteiger charge is 2.17. The van der Waals surface area contributed by atoms with E-state index >= 15 is 0 Å². The average molecular weight is 286 g/mol. The summed E-state index contributed by atoms with van der Waals surface area (Å²) in [5.74, 6) is 0.613. The maximum Gasteiger partial charge on any atom is 0.262 e. The molecule has 1 aliphatic rings. The summed E-state index contributed by atoms with van der Waals surface area (Å²) in [5.41, 5.74) is 2.97. The lowest BCUT2D eigenvalue weighted by Gasteiger charge is -2.21. The Hall–Kier alpha value is -2.34. The van der Waals surface area contributed by atoms with Crippen LogP contribution in [0.2, 0.25) is 0 Å². The highest BCUT2D eigenvalue weighted by Crippen LogP contribution is 2.30. The van der Waals surface area contributed by atoms with E-state index in [0.717, 1.165) is 35.7 Å². The molecule has 0 fully saturated rings. The average Bonchev–Trinajstić information content (AvgIpc) is 2.99. The molecule has 3 rings (SSSR count). The van der Waals surface area contributed by atoms with Crippen LogP contribution in [0.1, 0.15) is 24.2 Å². The van der Waals surface area contributed by atoms with E-state index in [-0.39, 0.29) is 18.6 Å². The Bertz CT molecular complexity index is 625.